The molecule has 0 spiro atoms. The van der Waals surface area contributed by atoms with Gasteiger partial charge in [0.2, 0.25) is 0 Å². The van der Waals surface area contributed by atoms with Crippen LogP contribution in [-0.4, -0.2) is 0 Å². The molecule has 2 aromatic rings. The highest BCUT2D eigenvalue weighted by atomic mass is 35.5. The molecule has 0 saturated carbocycles. The van der Waals surface area contributed by atoms with Crippen molar-refractivity contribution >= 4 is 17.3 Å². The summed E-state index contributed by atoms with van der Waals surface area (Å²) in [4.78, 5) is 3.26. The molecule has 0 aliphatic carbocycles. The standard InChI is InChI=1S/C14H9ClFNO/c1-17-12-5-6-14(13(15)8-12)18-9-10-3-2-4-11(16)7-10/h2-8H,9H2. The van der Waals surface area contributed by atoms with E-state index in [9.17, 15) is 4.39 Å². The third-order valence-electron chi connectivity index (χ3n) is 2.33. The van der Waals surface area contributed by atoms with E-state index in [0.717, 1.165) is 5.56 Å². The van der Waals surface area contributed by atoms with Gasteiger partial charge in [-0.3, -0.25) is 0 Å². The van der Waals surface area contributed by atoms with Crippen molar-refractivity contribution in [1.82, 2.24) is 0 Å². The lowest BCUT2D eigenvalue weighted by Gasteiger charge is -2.08. The summed E-state index contributed by atoms with van der Waals surface area (Å²) in [6, 6.07) is 11.0. The number of halogens is 2. The molecule has 0 atom stereocenters. The van der Waals surface area contributed by atoms with Crippen molar-refractivity contribution in [1.29, 1.82) is 0 Å². The first kappa shape index (κ1) is 12.4. The van der Waals surface area contributed by atoms with E-state index in [2.05, 4.69) is 4.85 Å². The first-order valence-electron chi connectivity index (χ1n) is 5.23. The minimum Gasteiger partial charge on any atom is -0.487 e. The van der Waals surface area contributed by atoms with Gasteiger partial charge in [-0.15, -0.1) is 0 Å². The molecular formula is C14H9ClFNO. The normalized spacial score (nSPS) is 9.83. The van der Waals surface area contributed by atoms with Gasteiger partial charge in [0, 0.05) is 0 Å². The van der Waals surface area contributed by atoms with Crippen LogP contribution in [0.1, 0.15) is 5.56 Å². The summed E-state index contributed by atoms with van der Waals surface area (Å²) in [5.41, 5.74) is 1.18. The number of benzene rings is 2. The predicted molar refractivity (Wildman–Crippen MR) is 68.4 cm³/mol. The summed E-state index contributed by atoms with van der Waals surface area (Å²) in [5.74, 6) is 0.180. The van der Waals surface area contributed by atoms with Gasteiger partial charge < -0.3 is 4.74 Å². The lowest BCUT2D eigenvalue weighted by Crippen LogP contribution is -1.96. The van der Waals surface area contributed by atoms with E-state index in [1.165, 1.54) is 18.2 Å². The molecule has 0 fully saturated rings. The number of hydrogen-bond acceptors (Lipinski definition) is 1. The highest BCUT2D eigenvalue weighted by molar-refractivity contribution is 6.32. The third-order valence-corrected chi connectivity index (χ3v) is 2.62. The van der Waals surface area contributed by atoms with Crippen molar-refractivity contribution in [3.05, 3.63) is 70.3 Å². The second-order valence-corrected chi connectivity index (χ2v) is 4.05. The summed E-state index contributed by atoms with van der Waals surface area (Å²) >= 11 is 5.96. The molecule has 0 heterocycles. The molecule has 0 bridgehead atoms. The monoisotopic (exact) mass is 261 g/mol. The maximum absolute atomic E-state index is 13.0. The van der Waals surface area contributed by atoms with Gasteiger partial charge >= 0.3 is 0 Å². The lowest BCUT2D eigenvalue weighted by atomic mass is 10.2. The molecule has 90 valence electrons. The van der Waals surface area contributed by atoms with Crippen molar-refractivity contribution in [2.24, 2.45) is 0 Å². The topological polar surface area (TPSA) is 13.6 Å². The lowest BCUT2D eigenvalue weighted by molar-refractivity contribution is 0.306. The van der Waals surface area contributed by atoms with Crippen LogP contribution in [0, 0.1) is 12.4 Å². The molecular weight excluding hydrogens is 253 g/mol. The minimum atomic E-state index is -0.300. The molecule has 0 N–H and O–H groups in total. The third kappa shape index (κ3) is 2.99. The molecule has 0 aliphatic rings. The molecule has 0 unspecified atom stereocenters. The second-order valence-electron chi connectivity index (χ2n) is 3.65. The Morgan fingerprint density at radius 1 is 1.22 bits per heavy atom. The van der Waals surface area contributed by atoms with Crippen LogP contribution in [0.5, 0.6) is 5.75 Å². The Morgan fingerprint density at radius 2 is 2.06 bits per heavy atom. The van der Waals surface area contributed by atoms with E-state index in [4.69, 9.17) is 22.9 Å². The molecule has 2 aromatic carbocycles. The van der Waals surface area contributed by atoms with Gasteiger partial charge in [-0.1, -0.05) is 29.8 Å². The summed E-state index contributed by atoms with van der Waals surface area (Å²) in [7, 11) is 0. The van der Waals surface area contributed by atoms with Crippen LogP contribution in [0.15, 0.2) is 42.5 Å². The number of ether oxygens (including phenoxy) is 1. The Labute approximate surface area is 109 Å². The van der Waals surface area contributed by atoms with Gasteiger partial charge in [-0.2, -0.15) is 0 Å². The quantitative estimate of drug-likeness (QED) is 0.736. The summed E-state index contributed by atoms with van der Waals surface area (Å²) < 4.78 is 18.4. The second kappa shape index (κ2) is 5.52. The van der Waals surface area contributed by atoms with Crippen molar-refractivity contribution in [2.75, 3.05) is 0 Å². The van der Waals surface area contributed by atoms with Gasteiger partial charge in [0.25, 0.3) is 0 Å². The number of nitrogens with zero attached hydrogens (tertiary/aromatic N) is 1. The highest BCUT2D eigenvalue weighted by Gasteiger charge is 2.03. The van der Waals surface area contributed by atoms with Crippen molar-refractivity contribution in [2.45, 2.75) is 6.61 Å². The van der Waals surface area contributed by atoms with E-state index in [0.29, 0.717) is 16.5 Å². The van der Waals surface area contributed by atoms with Crippen LogP contribution in [0.2, 0.25) is 5.02 Å². The van der Waals surface area contributed by atoms with Crippen molar-refractivity contribution in [3.63, 3.8) is 0 Å². The molecule has 4 heteroatoms. The smallest absolute Gasteiger partial charge is 0.188 e. The van der Waals surface area contributed by atoms with E-state index in [1.807, 2.05) is 0 Å². The zero-order valence-corrected chi connectivity index (χ0v) is 10.1. The molecule has 0 aromatic heterocycles. The van der Waals surface area contributed by atoms with E-state index in [1.54, 1.807) is 24.3 Å². The van der Waals surface area contributed by atoms with E-state index < -0.39 is 0 Å². The molecule has 18 heavy (non-hydrogen) atoms. The summed E-state index contributed by atoms with van der Waals surface area (Å²) in [6.45, 7) is 7.09. The fourth-order valence-corrected chi connectivity index (χ4v) is 1.69. The molecule has 0 amide bonds. The van der Waals surface area contributed by atoms with E-state index in [-0.39, 0.29) is 12.4 Å². The van der Waals surface area contributed by atoms with E-state index >= 15 is 0 Å². The van der Waals surface area contributed by atoms with Gasteiger partial charge in [-0.05, 0) is 29.8 Å². The summed E-state index contributed by atoms with van der Waals surface area (Å²) in [5, 5.41) is 0.375. The van der Waals surface area contributed by atoms with Gasteiger partial charge in [0.1, 0.15) is 18.2 Å². The summed E-state index contributed by atoms with van der Waals surface area (Å²) in [6.07, 6.45) is 0. The first-order chi connectivity index (χ1) is 8.69. The van der Waals surface area contributed by atoms with Crippen molar-refractivity contribution < 1.29 is 9.13 Å². The maximum atomic E-state index is 13.0. The molecule has 0 saturated heterocycles. The Kier molecular flexibility index (Phi) is 3.81. The van der Waals surface area contributed by atoms with Gasteiger partial charge in [-0.25, -0.2) is 9.24 Å². The Morgan fingerprint density at radius 3 is 2.72 bits per heavy atom. The first-order valence-corrected chi connectivity index (χ1v) is 5.61. The molecule has 2 nitrogen and oxygen atoms in total. The van der Waals surface area contributed by atoms with Crippen LogP contribution in [0.4, 0.5) is 10.1 Å². The average Bonchev–Trinajstić information content (AvgIpc) is 2.37. The zero-order valence-electron chi connectivity index (χ0n) is 9.36. The number of hydrogen-bond donors (Lipinski definition) is 0. The Hall–Kier alpha value is -2.05. The minimum absolute atomic E-state index is 0.231. The molecule has 0 aliphatic heterocycles. The fourth-order valence-electron chi connectivity index (χ4n) is 1.46. The predicted octanol–water partition coefficient (Wildman–Crippen LogP) is 4.61. The molecule has 0 radical (unpaired) electrons. The SMILES string of the molecule is [C-]#[N+]c1ccc(OCc2cccc(F)c2)c(Cl)c1. The van der Waals surface area contributed by atoms with Crippen LogP contribution in [0.25, 0.3) is 4.85 Å². The highest BCUT2D eigenvalue weighted by Crippen LogP contribution is 2.29. The van der Waals surface area contributed by atoms with Crippen molar-refractivity contribution in [3.8, 4) is 5.75 Å². The Bertz CT molecular complexity index is 607. The van der Waals surface area contributed by atoms with Crippen LogP contribution >= 0.6 is 11.6 Å². The van der Waals surface area contributed by atoms with Crippen LogP contribution in [0.3, 0.4) is 0 Å². The number of rotatable bonds is 3. The molecule has 2 rings (SSSR count). The average molecular weight is 262 g/mol. The Balaban J connectivity index is 2.09. The maximum Gasteiger partial charge on any atom is 0.188 e. The van der Waals surface area contributed by atoms with Gasteiger partial charge in [0.05, 0.1) is 11.6 Å². The fraction of sp³-hybridized carbons (Fsp3) is 0.0714. The zero-order chi connectivity index (χ0) is 13.0. The largest absolute Gasteiger partial charge is 0.487 e. The van der Waals surface area contributed by atoms with Crippen LogP contribution < -0.4 is 4.74 Å². The van der Waals surface area contributed by atoms with Gasteiger partial charge in [0.15, 0.2) is 5.69 Å². The van der Waals surface area contributed by atoms with Crippen LogP contribution in [-0.2, 0) is 6.61 Å².